The molecule has 1 saturated heterocycles. The van der Waals surface area contributed by atoms with Gasteiger partial charge in [-0.25, -0.2) is 0 Å². The molecule has 162 valence electrons. The number of aromatic nitrogens is 2. The number of ether oxygens (including phenoxy) is 1. The number of carbonyl (C=O) groups is 2. The van der Waals surface area contributed by atoms with Gasteiger partial charge in [-0.15, -0.1) is 10.2 Å². The molecule has 5 rings (SSSR count). The van der Waals surface area contributed by atoms with Gasteiger partial charge in [0, 0.05) is 17.0 Å². The molecule has 0 unspecified atom stereocenters. The normalized spacial score (nSPS) is 21.7. The summed E-state index contributed by atoms with van der Waals surface area (Å²) < 4.78 is 5.73. The Hall–Kier alpha value is -3.23. The van der Waals surface area contributed by atoms with Crippen LogP contribution in [0.1, 0.15) is 34.7 Å². The van der Waals surface area contributed by atoms with Gasteiger partial charge in [0.05, 0.1) is 11.6 Å². The third-order valence-corrected chi connectivity index (χ3v) is 6.61. The van der Waals surface area contributed by atoms with Crippen LogP contribution in [0.5, 0.6) is 5.75 Å². The van der Waals surface area contributed by atoms with Crippen LogP contribution >= 0.6 is 22.9 Å². The van der Waals surface area contributed by atoms with Crippen molar-refractivity contribution in [3.63, 3.8) is 0 Å². The summed E-state index contributed by atoms with van der Waals surface area (Å²) in [6.07, 6.45) is 0.748. The maximum Gasteiger partial charge on any atom is 0.301 e. The summed E-state index contributed by atoms with van der Waals surface area (Å²) in [6.45, 7) is 3.73. The smallest absolute Gasteiger partial charge is 0.301 e. The minimum atomic E-state index is -0.858. The number of hydrogen-bond acceptors (Lipinski definition) is 7. The highest BCUT2D eigenvalue weighted by atomic mass is 35.5. The number of carbonyl (C=O) groups excluding carboxylic acids is 2. The molecule has 1 aromatic heterocycles. The third kappa shape index (κ3) is 3.36. The van der Waals surface area contributed by atoms with Gasteiger partial charge in [-0.1, -0.05) is 35.1 Å². The first-order valence-corrected chi connectivity index (χ1v) is 11.2. The topological polar surface area (TPSA) is 92.6 Å². The van der Waals surface area contributed by atoms with E-state index in [1.807, 2.05) is 6.92 Å². The lowest BCUT2D eigenvalue weighted by molar-refractivity contribution is -0.132. The van der Waals surface area contributed by atoms with Crippen LogP contribution in [0.2, 0.25) is 5.02 Å². The molecule has 3 heterocycles. The molecular formula is C23H18ClN3O4S. The van der Waals surface area contributed by atoms with E-state index in [4.69, 9.17) is 16.3 Å². The van der Waals surface area contributed by atoms with Crippen molar-refractivity contribution in [3.8, 4) is 5.75 Å². The number of Topliss-reactive ketones (excluding diaryl/α,β-unsaturated/α-hetero) is 1. The number of rotatable bonds is 3. The van der Waals surface area contributed by atoms with E-state index in [1.165, 1.54) is 16.2 Å². The van der Waals surface area contributed by atoms with Crippen LogP contribution in [0.4, 0.5) is 5.13 Å². The predicted octanol–water partition coefficient (Wildman–Crippen LogP) is 4.45. The van der Waals surface area contributed by atoms with Gasteiger partial charge in [-0.3, -0.25) is 14.5 Å². The van der Waals surface area contributed by atoms with Crippen LogP contribution in [0, 0.1) is 6.92 Å². The molecule has 7 nitrogen and oxygen atoms in total. The zero-order valence-electron chi connectivity index (χ0n) is 17.2. The Labute approximate surface area is 192 Å². The van der Waals surface area contributed by atoms with E-state index in [0.29, 0.717) is 32.7 Å². The van der Waals surface area contributed by atoms with Crippen LogP contribution in [0.3, 0.4) is 0 Å². The van der Waals surface area contributed by atoms with Gasteiger partial charge in [-0.05, 0) is 55.3 Å². The highest BCUT2D eigenvalue weighted by Gasteiger charge is 2.48. The Kier molecular flexibility index (Phi) is 4.98. The van der Waals surface area contributed by atoms with Crippen molar-refractivity contribution in [1.29, 1.82) is 0 Å². The Bertz CT molecular complexity index is 1280. The van der Waals surface area contributed by atoms with Crippen LogP contribution in [-0.2, 0) is 16.0 Å². The largest absolute Gasteiger partial charge is 0.507 e. The van der Waals surface area contributed by atoms with Crippen molar-refractivity contribution in [2.45, 2.75) is 32.4 Å². The Morgan fingerprint density at radius 3 is 2.62 bits per heavy atom. The molecule has 2 aliphatic rings. The molecule has 1 amide bonds. The number of aliphatic hydroxyl groups excluding tert-OH is 1. The van der Waals surface area contributed by atoms with Crippen LogP contribution in [0.25, 0.3) is 5.76 Å². The molecule has 0 saturated carbocycles. The number of ketones is 1. The fourth-order valence-electron chi connectivity index (χ4n) is 4.10. The summed E-state index contributed by atoms with van der Waals surface area (Å²) in [5, 5.41) is 20.8. The number of amides is 1. The molecule has 0 radical (unpaired) electrons. The average molecular weight is 468 g/mol. The van der Waals surface area contributed by atoms with E-state index >= 15 is 0 Å². The van der Waals surface area contributed by atoms with Gasteiger partial charge in [0.25, 0.3) is 5.78 Å². The van der Waals surface area contributed by atoms with Crippen molar-refractivity contribution >= 4 is 45.5 Å². The van der Waals surface area contributed by atoms with Crippen molar-refractivity contribution < 1.29 is 19.4 Å². The van der Waals surface area contributed by atoms with Crippen molar-refractivity contribution in [3.05, 3.63) is 74.8 Å². The maximum atomic E-state index is 13.1. The molecule has 2 atom stereocenters. The van der Waals surface area contributed by atoms with E-state index in [1.54, 1.807) is 49.4 Å². The number of hydrogen-bond donors (Lipinski definition) is 1. The molecule has 32 heavy (non-hydrogen) atoms. The summed E-state index contributed by atoms with van der Waals surface area (Å²) in [4.78, 5) is 27.5. The molecule has 0 spiro atoms. The number of fused-ring (bicyclic) bond motifs is 1. The van der Waals surface area contributed by atoms with E-state index in [0.717, 1.165) is 11.3 Å². The van der Waals surface area contributed by atoms with E-state index in [-0.39, 0.29) is 17.4 Å². The van der Waals surface area contributed by atoms with Gasteiger partial charge in [0.1, 0.15) is 22.6 Å². The lowest BCUT2D eigenvalue weighted by Crippen LogP contribution is -2.29. The lowest BCUT2D eigenvalue weighted by Gasteiger charge is -2.22. The number of anilines is 1. The van der Waals surface area contributed by atoms with Gasteiger partial charge in [-0.2, -0.15) is 0 Å². The standard InChI is InChI=1S/C23H18ClN3O4S/c1-11-9-15-10-14(5-8-17(15)31-11)20(28)18-19(13-3-6-16(24)7-4-13)27(22(30)21(18)29)23-26-25-12(2)32-23/h3-8,10-11,19,28H,9H2,1-2H3/b20-18+/t11-,19+/m0/s1. The minimum absolute atomic E-state index is 0.00270. The molecule has 2 aliphatic heterocycles. The monoisotopic (exact) mass is 467 g/mol. The molecule has 0 bridgehead atoms. The number of benzene rings is 2. The second kappa shape index (κ2) is 7.72. The fraction of sp³-hybridized carbons (Fsp3) is 0.217. The first kappa shape index (κ1) is 20.7. The second-order valence-corrected chi connectivity index (χ2v) is 9.38. The third-order valence-electron chi connectivity index (χ3n) is 5.52. The zero-order chi connectivity index (χ0) is 22.6. The molecule has 0 aliphatic carbocycles. The van der Waals surface area contributed by atoms with E-state index in [9.17, 15) is 14.7 Å². The van der Waals surface area contributed by atoms with E-state index < -0.39 is 17.7 Å². The van der Waals surface area contributed by atoms with E-state index in [2.05, 4.69) is 10.2 Å². The predicted molar refractivity (Wildman–Crippen MR) is 121 cm³/mol. The first-order valence-electron chi connectivity index (χ1n) is 10.00. The van der Waals surface area contributed by atoms with Crippen LogP contribution in [0.15, 0.2) is 48.0 Å². The van der Waals surface area contributed by atoms with Gasteiger partial charge in [0.2, 0.25) is 5.13 Å². The van der Waals surface area contributed by atoms with Crippen LogP contribution in [-0.4, -0.2) is 33.1 Å². The summed E-state index contributed by atoms with van der Waals surface area (Å²) in [5.41, 5.74) is 2.02. The summed E-state index contributed by atoms with van der Waals surface area (Å²) in [7, 11) is 0. The molecule has 9 heteroatoms. The van der Waals surface area contributed by atoms with Crippen molar-refractivity contribution in [2.75, 3.05) is 4.90 Å². The number of aliphatic hydroxyl groups is 1. The summed E-state index contributed by atoms with van der Waals surface area (Å²) in [5.74, 6) is -1.02. The van der Waals surface area contributed by atoms with Gasteiger partial charge >= 0.3 is 5.91 Å². The fourth-order valence-corrected chi connectivity index (χ4v) is 4.94. The lowest BCUT2D eigenvalue weighted by atomic mass is 9.94. The Balaban J connectivity index is 1.68. The van der Waals surface area contributed by atoms with Gasteiger partial charge < -0.3 is 9.84 Å². The van der Waals surface area contributed by atoms with Crippen molar-refractivity contribution in [2.24, 2.45) is 0 Å². The molecule has 1 fully saturated rings. The average Bonchev–Trinajstić information content (AvgIpc) is 3.43. The summed E-state index contributed by atoms with van der Waals surface area (Å²) >= 11 is 7.25. The molecular weight excluding hydrogens is 450 g/mol. The Morgan fingerprint density at radius 1 is 1.19 bits per heavy atom. The Morgan fingerprint density at radius 2 is 1.94 bits per heavy atom. The highest BCUT2D eigenvalue weighted by molar-refractivity contribution is 7.15. The minimum Gasteiger partial charge on any atom is -0.507 e. The zero-order valence-corrected chi connectivity index (χ0v) is 18.8. The maximum absolute atomic E-state index is 13.1. The first-order chi connectivity index (χ1) is 15.3. The quantitative estimate of drug-likeness (QED) is 0.347. The summed E-state index contributed by atoms with van der Waals surface area (Å²) in [6, 6.07) is 11.2. The van der Waals surface area contributed by atoms with Gasteiger partial charge in [0.15, 0.2) is 0 Å². The number of aryl methyl sites for hydroxylation is 1. The number of nitrogens with zero attached hydrogens (tertiary/aromatic N) is 3. The molecule has 3 aromatic rings. The highest BCUT2D eigenvalue weighted by Crippen LogP contribution is 2.43. The molecule has 1 N–H and O–H groups in total. The molecule has 2 aromatic carbocycles. The van der Waals surface area contributed by atoms with Crippen molar-refractivity contribution in [1.82, 2.24) is 10.2 Å². The second-order valence-electron chi connectivity index (χ2n) is 7.78. The van der Waals surface area contributed by atoms with Crippen LogP contribution < -0.4 is 9.64 Å². The number of halogens is 1. The SMILES string of the molecule is Cc1nnc(N2C(=O)C(=O)/C(=C(/O)c3ccc4c(c3)C[C@H](C)O4)[C@H]2c2ccc(Cl)cc2)s1.